The average Bonchev–Trinajstić information content (AvgIpc) is 2.28. The maximum atomic E-state index is 6.07. The zero-order valence-electron chi connectivity index (χ0n) is 12.3. The van der Waals surface area contributed by atoms with Crippen LogP contribution in [0.15, 0.2) is 0 Å². The van der Waals surface area contributed by atoms with E-state index >= 15 is 0 Å². The molecule has 0 spiro atoms. The summed E-state index contributed by atoms with van der Waals surface area (Å²) in [7, 11) is -2.23. The van der Waals surface area contributed by atoms with Crippen LogP contribution in [0.5, 0.6) is 0 Å². The van der Waals surface area contributed by atoms with Crippen LogP contribution in [0.4, 0.5) is 0 Å². The SMILES string of the molecule is C[Si]1(OCCCCCCO[Si]2(C)CCC2)CCC1. The van der Waals surface area contributed by atoms with Crippen molar-refractivity contribution in [1.82, 2.24) is 0 Å². The van der Waals surface area contributed by atoms with E-state index in [0.29, 0.717) is 0 Å². The van der Waals surface area contributed by atoms with E-state index in [1.165, 1.54) is 62.7 Å². The second-order valence-corrected chi connectivity index (χ2v) is 15.1. The van der Waals surface area contributed by atoms with Gasteiger partial charge in [0.25, 0.3) is 0 Å². The minimum absolute atomic E-state index is 1.02. The molecular formula is C14H30O2Si2. The van der Waals surface area contributed by atoms with Gasteiger partial charge in [0.15, 0.2) is 16.6 Å². The third kappa shape index (κ3) is 4.47. The molecule has 0 aromatic heterocycles. The molecule has 18 heavy (non-hydrogen) atoms. The van der Waals surface area contributed by atoms with Crippen LogP contribution < -0.4 is 0 Å². The van der Waals surface area contributed by atoms with Crippen molar-refractivity contribution >= 4 is 16.6 Å². The highest BCUT2D eigenvalue weighted by Crippen LogP contribution is 2.33. The molecule has 4 heteroatoms. The van der Waals surface area contributed by atoms with Crippen molar-refractivity contribution in [3.05, 3.63) is 0 Å². The third-order valence-corrected chi connectivity index (χ3v) is 12.2. The Hall–Kier alpha value is 0.354. The lowest BCUT2D eigenvalue weighted by Gasteiger charge is -2.35. The quantitative estimate of drug-likeness (QED) is 0.458. The summed E-state index contributed by atoms with van der Waals surface area (Å²) in [4.78, 5) is 0. The molecule has 2 rings (SSSR count). The van der Waals surface area contributed by atoms with Crippen LogP contribution in [0.3, 0.4) is 0 Å². The molecule has 0 bridgehead atoms. The van der Waals surface area contributed by atoms with Gasteiger partial charge in [-0.25, -0.2) is 0 Å². The Balaban J connectivity index is 1.35. The van der Waals surface area contributed by atoms with Gasteiger partial charge in [0, 0.05) is 13.2 Å². The molecule has 0 aromatic carbocycles. The van der Waals surface area contributed by atoms with Crippen LogP contribution in [-0.4, -0.2) is 29.8 Å². The summed E-state index contributed by atoms with van der Waals surface area (Å²) in [5.74, 6) is 0. The monoisotopic (exact) mass is 286 g/mol. The summed E-state index contributed by atoms with van der Waals surface area (Å²) in [6.45, 7) is 6.84. The first-order valence-electron chi connectivity index (χ1n) is 7.90. The van der Waals surface area contributed by atoms with Crippen molar-refractivity contribution in [1.29, 1.82) is 0 Å². The molecule has 2 fully saturated rings. The standard InChI is InChI=1S/C14H30O2Si2/c1-17(11-7-12-17)15-9-5-3-4-6-10-16-18(2)13-8-14-18/h3-14H2,1-2H3. The number of hydrogen-bond donors (Lipinski definition) is 0. The lowest BCUT2D eigenvalue weighted by Crippen LogP contribution is -2.41. The molecule has 0 N–H and O–H groups in total. The van der Waals surface area contributed by atoms with E-state index in [2.05, 4.69) is 13.1 Å². The molecule has 2 heterocycles. The van der Waals surface area contributed by atoms with E-state index in [9.17, 15) is 0 Å². The predicted molar refractivity (Wildman–Crippen MR) is 82.1 cm³/mol. The van der Waals surface area contributed by atoms with E-state index in [4.69, 9.17) is 8.85 Å². The summed E-state index contributed by atoms with van der Waals surface area (Å²) in [6.07, 6.45) is 8.01. The van der Waals surface area contributed by atoms with Gasteiger partial charge in [-0.3, -0.25) is 0 Å². The molecule has 0 atom stereocenters. The molecule has 2 aliphatic rings. The summed E-state index contributed by atoms with van der Waals surface area (Å²) >= 11 is 0. The van der Waals surface area contributed by atoms with Crippen molar-refractivity contribution in [2.24, 2.45) is 0 Å². The highest BCUT2D eigenvalue weighted by molar-refractivity contribution is 6.75. The molecule has 0 amide bonds. The first-order chi connectivity index (χ1) is 8.62. The average molecular weight is 287 g/mol. The van der Waals surface area contributed by atoms with Gasteiger partial charge in [0.2, 0.25) is 0 Å². The van der Waals surface area contributed by atoms with Crippen LogP contribution in [0.25, 0.3) is 0 Å². The van der Waals surface area contributed by atoms with E-state index in [0.717, 1.165) is 13.2 Å². The molecule has 0 saturated carbocycles. The molecule has 0 aliphatic carbocycles. The number of unbranched alkanes of at least 4 members (excludes halogenated alkanes) is 3. The van der Waals surface area contributed by atoms with Crippen LogP contribution in [0.1, 0.15) is 38.5 Å². The minimum Gasteiger partial charge on any atom is -0.417 e. The molecule has 0 unspecified atom stereocenters. The Kier molecular flexibility index (Phi) is 5.48. The van der Waals surface area contributed by atoms with E-state index in [1.54, 1.807) is 0 Å². The van der Waals surface area contributed by atoms with E-state index < -0.39 is 16.6 Å². The Morgan fingerprint density at radius 3 is 1.33 bits per heavy atom. The van der Waals surface area contributed by atoms with Gasteiger partial charge in [-0.15, -0.1) is 0 Å². The fourth-order valence-corrected chi connectivity index (χ4v) is 7.38. The minimum atomic E-state index is -1.11. The Labute approximate surface area is 115 Å². The fraction of sp³-hybridized carbons (Fsp3) is 1.00. The summed E-state index contributed by atoms with van der Waals surface area (Å²) in [5, 5.41) is 0. The van der Waals surface area contributed by atoms with Gasteiger partial charge >= 0.3 is 0 Å². The van der Waals surface area contributed by atoms with Gasteiger partial charge in [-0.2, -0.15) is 0 Å². The van der Waals surface area contributed by atoms with Crippen molar-refractivity contribution < 1.29 is 8.85 Å². The number of hydrogen-bond acceptors (Lipinski definition) is 2. The third-order valence-electron chi connectivity index (χ3n) is 4.76. The Bertz CT molecular complexity index is 224. The molecule has 2 saturated heterocycles. The maximum absolute atomic E-state index is 6.07. The molecule has 0 radical (unpaired) electrons. The molecule has 2 nitrogen and oxygen atoms in total. The maximum Gasteiger partial charge on any atom is 0.189 e. The van der Waals surface area contributed by atoms with Crippen LogP contribution in [0, 0.1) is 0 Å². The first-order valence-corrected chi connectivity index (χ1v) is 13.5. The summed E-state index contributed by atoms with van der Waals surface area (Å²) < 4.78 is 12.1. The van der Waals surface area contributed by atoms with Crippen LogP contribution >= 0.6 is 0 Å². The topological polar surface area (TPSA) is 18.5 Å². The van der Waals surface area contributed by atoms with Crippen molar-refractivity contribution in [2.45, 2.75) is 75.8 Å². The van der Waals surface area contributed by atoms with Gasteiger partial charge in [0.1, 0.15) is 0 Å². The van der Waals surface area contributed by atoms with Gasteiger partial charge in [0.05, 0.1) is 0 Å². The largest absolute Gasteiger partial charge is 0.417 e. The van der Waals surface area contributed by atoms with E-state index in [1.807, 2.05) is 0 Å². The molecule has 2 aliphatic heterocycles. The fourth-order valence-electron chi connectivity index (χ4n) is 2.83. The van der Waals surface area contributed by atoms with E-state index in [-0.39, 0.29) is 0 Å². The normalized spacial score (nSPS) is 24.3. The Morgan fingerprint density at radius 2 is 1.06 bits per heavy atom. The second kappa shape index (κ2) is 6.68. The first kappa shape index (κ1) is 14.8. The summed E-state index contributed by atoms with van der Waals surface area (Å²) in [6, 6.07) is 5.63. The summed E-state index contributed by atoms with van der Waals surface area (Å²) in [5.41, 5.74) is 0. The van der Waals surface area contributed by atoms with Crippen molar-refractivity contribution in [3.8, 4) is 0 Å². The highest BCUT2D eigenvalue weighted by Gasteiger charge is 2.36. The van der Waals surface area contributed by atoms with Crippen molar-refractivity contribution in [2.75, 3.05) is 13.2 Å². The zero-order valence-corrected chi connectivity index (χ0v) is 14.3. The predicted octanol–water partition coefficient (Wildman–Crippen LogP) is 4.54. The zero-order chi connectivity index (χ0) is 12.9. The van der Waals surface area contributed by atoms with Gasteiger partial charge < -0.3 is 8.85 Å². The highest BCUT2D eigenvalue weighted by atomic mass is 28.4. The lowest BCUT2D eigenvalue weighted by molar-refractivity contribution is 0.263. The van der Waals surface area contributed by atoms with Gasteiger partial charge in [-0.05, 0) is 50.1 Å². The second-order valence-electron chi connectivity index (χ2n) is 6.72. The molecule has 106 valence electrons. The Morgan fingerprint density at radius 1 is 0.667 bits per heavy atom. The van der Waals surface area contributed by atoms with Crippen LogP contribution in [0.2, 0.25) is 37.3 Å². The van der Waals surface area contributed by atoms with Gasteiger partial charge in [-0.1, -0.05) is 25.7 Å². The van der Waals surface area contributed by atoms with Crippen LogP contribution in [-0.2, 0) is 8.85 Å². The lowest BCUT2D eigenvalue weighted by atomic mass is 10.2. The number of rotatable bonds is 9. The smallest absolute Gasteiger partial charge is 0.189 e. The molecule has 0 aromatic rings. The van der Waals surface area contributed by atoms with Crippen molar-refractivity contribution in [3.63, 3.8) is 0 Å². The molecular weight excluding hydrogens is 256 g/mol.